The fourth-order valence-electron chi connectivity index (χ4n) is 1.35. The summed E-state index contributed by atoms with van der Waals surface area (Å²) in [6.07, 6.45) is -3.83. The molecule has 0 amide bonds. The van der Waals surface area contributed by atoms with Crippen molar-refractivity contribution in [2.24, 2.45) is 0 Å². The monoisotopic (exact) mass is 293 g/mol. The highest BCUT2D eigenvalue weighted by Crippen LogP contribution is 2.35. The number of oxazole rings is 1. The van der Waals surface area contributed by atoms with Crippen LogP contribution in [-0.4, -0.2) is 4.98 Å². The van der Waals surface area contributed by atoms with Crippen molar-refractivity contribution in [1.82, 2.24) is 4.98 Å². The Bertz CT molecular complexity index is 533. The fourth-order valence-corrected chi connectivity index (χ4v) is 1.88. The quantitative estimate of drug-likeness (QED) is 0.789. The molecule has 1 aromatic heterocycles. The van der Waals surface area contributed by atoms with Crippen LogP contribution in [0, 0.1) is 0 Å². The van der Waals surface area contributed by atoms with Crippen LogP contribution in [-0.2, 0) is 12.6 Å². The van der Waals surface area contributed by atoms with Crippen molar-refractivity contribution < 1.29 is 17.6 Å². The van der Waals surface area contributed by atoms with Crippen LogP contribution in [0.2, 0.25) is 0 Å². The summed E-state index contributed by atoms with van der Waals surface area (Å²) in [4.78, 5) is 3.97. The molecule has 2 rings (SSSR count). The maximum Gasteiger partial charge on any atom is 0.416 e. The van der Waals surface area contributed by atoms with E-state index in [1.165, 1.54) is 0 Å². The van der Waals surface area contributed by atoms with E-state index in [4.69, 9.17) is 4.42 Å². The molecule has 0 saturated heterocycles. The summed E-state index contributed by atoms with van der Waals surface area (Å²) in [6.45, 7) is 1.82. The van der Waals surface area contributed by atoms with Gasteiger partial charge < -0.3 is 4.42 Å². The number of aromatic nitrogens is 1. The molecule has 6 heteroatoms. The molecule has 0 aliphatic heterocycles. The van der Waals surface area contributed by atoms with E-state index in [0.29, 0.717) is 17.9 Å². The van der Waals surface area contributed by atoms with Gasteiger partial charge in [-0.2, -0.15) is 13.2 Å². The predicted molar refractivity (Wildman–Crippen MR) is 56.1 cm³/mol. The van der Waals surface area contributed by atoms with Crippen molar-refractivity contribution in [3.05, 3.63) is 28.1 Å². The lowest BCUT2D eigenvalue weighted by Crippen LogP contribution is -2.04. The molecule has 0 radical (unpaired) electrons. The number of fused-ring (bicyclic) bond motifs is 1. The Morgan fingerprint density at radius 3 is 2.62 bits per heavy atom. The van der Waals surface area contributed by atoms with Gasteiger partial charge in [0.05, 0.1) is 10.0 Å². The zero-order valence-electron chi connectivity index (χ0n) is 8.23. The number of hydrogen-bond acceptors (Lipinski definition) is 2. The number of hydrogen-bond donors (Lipinski definition) is 0. The van der Waals surface area contributed by atoms with Crippen LogP contribution in [0.1, 0.15) is 18.4 Å². The van der Waals surface area contributed by atoms with Gasteiger partial charge >= 0.3 is 6.18 Å². The molecule has 16 heavy (non-hydrogen) atoms. The minimum absolute atomic E-state index is 0.221. The highest BCUT2D eigenvalue weighted by molar-refractivity contribution is 9.10. The molecule has 0 bridgehead atoms. The standard InChI is InChI=1S/C10H7BrF3NO/c1-2-8-15-7-4-5(10(12,13)14)3-6(11)9(7)16-8/h3-4H,2H2,1H3. The van der Waals surface area contributed by atoms with Gasteiger partial charge in [0.25, 0.3) is 0 Å². The maximum absolute atomic E-state index is 12.5. The van der Waals surface area contributed by atoms with Crippen molar-refractivity contribution >= 4 is 27.0 Å². The summed E-state index contributed by atoms with van der Waals surface area (Å²) in [5, 5.41) is 0. The third-order valence-electron chi connectivity index (χ3n) is 2.12. The summed E-state index contributed by atoms with van der Waals surface area (Å²) in [6, 6.07) is 1.98. The van der Waals surface area contributed by atoms with E-state index in [2.05, 4.69) is 20.9 Å². The molecule has 0 spiro atoms. The van der Waals surface area contributed by atoms with Crippen molar-refractivity contribution in [1.29, 1.82) is 0 Å². The molecule has 0 unspecified atom stereocenters. The predicted octanol–water partition coefficient (Wildman–Crippen LogP) is 4.17. The molecule has 1 heterocycles. The Morgan fingerprint density at radius 1 is 1.38 bits per heavy atom. The van der Waals surface area contributed by atoms with Gasteiger partial charge in [0.1, 0.15) is 5.52 Å². The van der Waals surface area contributed by atoms with Crippen molar-refractivity contribution in [3.8, 4) is 0 Å². The summed E-state index contributed by atoms with van der Waals surface area (Å²) >= 11 is 3.05. The van der Waals surface area contributed by atoms with E-state index in [1.54, 1.807) is 0 Å². The van der Waals surface area contributed by atoms with Crippen LogP contribution < -0.4 is 0 Å². The largest absolute Gasteiger partial charge is 0.440 e. The lowest BCUT2D eigenvalue weighted by molar-refractivity contribution is -0.137. The van der Waals surface area contributed by atoms with E-state index in [-0.39, 0.29) is 9.99 Å². The summed E-state index contributed by atoms with van der Waals surface area (Å²) < 4.78 is 43.1. The molecule has 1 aromatic carbocycles. The zero-order chi connectivity index (χ0) is 11.9. The average molecular weight is 294 g/mol. The normalized spacial score (nSPS) is 12.3. The summed E-state index contributed by atoms with van der Waals surface area (Å²) in [7, 11) is 0. The molecule has 0 saturated carbocycles. The number of aryl methyl sites for hydroxylation is 1. The molecule has 0 N–H and O–H groups in total. The molecule has 2 aromatic rings. The molecule has 0 aliphatic rings. The molecular formula is C10H7BrF3NO. The maximum atomic E-state index is 12.5. The minimum atomic E-state index is -4.37. The first kappa shape index (κ1) is 11.4. The Hall–Kier alpha value is -1.04. The van der Waals surface area contributed by atoms with Crippen LogP contribution in [0.5, 0.6) is 0 Å². The second kappa shape index (κ2) is 3.76. The van der Waals surface area contributed by atoms with E-state index < -0.39 is 11.7 Å². The van der Waals surface area contributed by atoms with Gasteiger partial charge in [0, 0.05) is 6.42 Å². The lowest BCUT2D eigenvalue weighted by Gasteiger charge is -2.06. The summed E-state index contributed by atoms with van der Waals surface area (Å²) in [5.74, 6) is 0.426. The molecule has 0 atom stereocenters. The number of rotatable bonds is 1. The van der Waals surface area contributed by atoms with Crippen LogP contribution in [0.25, 0.3) is 11.1 Å². The van der Waals surface area contributed by atoms with E-state index in [9.17, 15) is 13.2 Å². The van der Waals surface area contributed by atoms with E-state index >= 15 is 0 Å². The molecule has 2 nitrogen and oxygen atoms in total. The van der Waals surface area contributed by atoms with Gasteiger partial charge in [-0.25, -0.2) is 4.98 Å². The van der Waals surface area contributed by atoms with Gasteiger partial charge in [-0.3, -0.25) is 0 Å². The number of benzene rings is 1. The first-order chi connectivity index (χ1) is 7.41. The lowest BCUT2D eigenvalue weighted by atomic mass is 10.2. The summed E-state index contributed by atoms with van der Waals surface area (Å²) in [5.41, 5.74) is -0.161. The Kier molecular flexibility index (Phi) is 2.69. The van der Waals surface area contributed by atoms with Gasteiger partial charge in [0.15, 0.2) is 11.5 Å². The van der Waals surface area contributed by atoms with Crippen LogP contribution in [0.3, 0.4) is 0 Å². The van der Waals surface area contributed by atoms with Crippen LogP contribution in [0.15, 0.2) is 21.0 Å². The molecule has 0 fully saturated rings. The van der Waals surface area contributed by atoms with Gasteiger partial charge in [0.2, 0.25) is 0 Å². The first-order valence-corrected chi connectivity index (χ1v) is 5.37. The zero-order valence-corrected chi connectivity index (χ0v) is 9.82. The van der Waals surface area contributed by atoms with Crippen molar-refractivity contribution in [2.45, 2.75) is 19.5 Å². The Balaban J connectivity index is 2.67. The highest BCUT2D eigenvalue weighted by Gasteiger charge is 2.32. The Labute approximate surface area is 97.6 Å². The van der Waals surface area contributed by atoms with Gasteiger partial charge in [-0.05, 0) is 28.1 Å². The van der Waals surface area contributed by atoms with Gasteiger partial charge in [-0.1, -0.05) is 6.92 Å². The number of alkyl halides is 3. The SMILES string of the molecule is CCc1nc2cc(C(F)(F)F)cc(Br)c2o1. The molecule has 86 valence electrons. The third kappa shape index (κ3) is 1.93. The second-order valence-corrected chi connectivity index (χ2v) is 4.12. The van der Waals surface area contributed by atoms with Crippen LogP contribution >= 0.6 is 15.9 Å². The topological polar surface area (TPSA) is 26.0 Å². The molecule has 0 aliphatic carbocycles. The fraction of sp³-hybridized carbons (Fsp3) is 0.300. The number of halogens is 4. The smallest absolute Gasteiger partial charge is 0.416 e. The number of nitrogens with zero attached hydrogens (tertiary/aromatic N) is 1. The third-order valence-corrected chi connectivity index (χ3v) is 2.71. The second-order valence-electron chi connectivity index (χ2n) is 3.27. The van der Waals surface area contributed by atoms with Crippen molar-refractivity contribution in [2.75, 3.05) is 0 Å². The minimum Gasteiger partial charge on any atom is -0.440 e. The first-order valence-electron chi connectivity index (χ1n) is 4.58. The highest BCUT2D eigenvalue weighted by atomic mass is 79.9. The van der Waals surface area contributed by atoms with E-state index in [0.717, 1.165) is 12.1 Å². The average Bonchev–Trinajstić information content (AvgIpc) is 2.59. The Morgan fingerprint density at radius 2 is 2.06 bits per heavy atom. The van der Waals surface area contributed by atoms with Gasteiger partial charge in [-0.15, -0.1) is 0 Å². The van der Waals surface area contributed by atoms with E-state index in [1.807, 2.05) is 6.92 Å². The van der Waals surface area contributed by atoms with Crippen LogP contribution in [0.4, 0.5) is 13.2 Å². The van der Waals surface area contributed by atoms with Crippen molar-refractivity contribution in [3.63, 3.8) is 0 Å². The molecular weight excluding hydrogens is 287 g/mol.